The Hall–Kier alpha value is -0.550. The SMILES string of the molecule is NC(Cc1cc(Br)cc2c1OCC2)c1ccc(Br)cc1Cl. The summed E-state index contributed by atoms with van der Waals surface area (Å²) in [5.41, 5.74) is 9.67. The molecule has 1 atom stereocenters. The zero-order valence-electron chi connectivity index (χ0n) is 11.2. The van der Waals surface area contributed by atoms with Crippen LogP contribution in [-0.2, 0) is 12.8 Å². The average molecular weight is 432 g/mol. The first kappa shape index (κ1) is 15.3. The number of nitrogens with two attached hydrogens (primary N) is 1. The molecule has 2 nitrogen and oxygen atoms in total. The Balaban J connectivity index is 1.90. The maximum absolute atomic E-state index is 6.35. The Bertz CT molecular complexity index is 690. The van der Waals surface area contributed by atoms with Crippen LogP contribution in [0, 0.1) is 0 Å². The van der Waals surface area contributed by atoms with Gasteiger partial charge in [0.15, 0.2) is 0 Å². The van der Waals surface area contributed by atoms with Gasteiger partial charge in [0.1, 0.15) is 5.75 Å². The van der Waals surface area contributed by atoms with Gasteiger partial charge in [-0.05, 0) is 47.4 Å². The lowest BCUT2D eigenvalue weighted by Crippen LogP contribution is -2.14. The van der Waals surface area contributed by atoms with Crippen molar-refractivity contribution in [1.29, 1.82) is 0 Å². The van der Waals surface area contributed by atoms with E-state index in [-0.39, 0.29) is 6.04 Å². The van der Waals surface area contributed by atoms with Crippen molar-refractivity contribution in [3.8, 4) is 5.75 Å². The summed E-state index contributed by atoms with van der Waals surface area (Å²) in [4.78, 5) is 0. The third kappa shape index (κ3) is 3.29. The normalized spacial score (nSPS) is 14.7. The Kier molecular flexibility index (Phi) is 4.60. The third-order valence-corrected chi connectivity index (χ3v) is 4.91. The van der Waals surface area contributed by atoms with Crippen molar-refractivity contribution in [2.24, 2.45) is 5.73 Å². The van der Waals surface area contributed by atoms with Crippen LogP contribution in [0.15, 0.2) is 39.3 Å². The second kappa shape index (κ2) is 6.29. The van der Waals surface area contributed by atoms with Gasteiger partial charge >= 0.3 is 0 Å². The van der Waals surface area contributed by atoms with E-state index in [1.807, 2.05) is 18.2 Å². The van der Waals surface area contributed by atoms with Crippen LogP contribution in [0.1, 0.15) is 22.7 Å². The van der Waals surface area contributed by atoms with Gasteiger partial charge in [0, 0.05) is 26.4 Å². The van der Waals surface area contributed by atoms with Crippen LogP contribution < -0.4 is 10.5 Å². The molecule has 1 heterocycles. The molecule has 110 valence electrons. The number of halogens is 3. The van der Waals surface area contributed by atoms with Gasteiger partial charge in [-0.25, -0.2) is 0 Å². The number of benzene rings is 2. The van der Waals surface area contributed by atoms with Crippen LogP contribution in [0.3, 0.4) is 0 Å². The molecule has 5 heteroatoms. The first-order valence-electron chi connectivity index (χ1n) is 6.69. The van der Waals surface area contributed by atoms with Crippen LogP contribution >= 0.6 is 43.5 Å². The van der Waals surface area contributed by atoms with Gasteiger partial charge in [0.05, 0.1) is 6.61 Å². The summed E-state index contributed by atoms with van der Waals surface area (Å²) in [6, 6.07) is 9.84. The van der Waals surface area contributed by atoms with E-state index >= 15 is 0 Å². The first-order chi connectivity index (χ1) is 10.0. The second-order valence-corrected chi connectivity index (χ2v) is 7.37. The Morgan fingerprint density at radius 2 is 2.00 bits per heavy atom. The Morgan fingerprint density at radius 3 is 2.76 bits per heavy atom. The van der Waals surface area contributed by atoms with Crippen LogP contribution in [0.5, 0.6) is 5.75 Å². The summed E-state index contributed by atoms with van der Waals surface area (Å²) in [5, 5.41) is 0.685. The number of rotatable bonds is 3. The van der Waals surface area contributed by atoms with Crippen LogP contribution in [0.2, 0.25) is 5.02 Å². The molecule has 21 heavy (non-hydrogen) atoms. The molecular formula is C16H14Br2ClNO. The number of hydrogen-bond acceptors (Lipinski definition) is 2. The highest BCUT2D eigenvalue weighted by atomic mass is 79.9. The number of fused-ring (bicyclic) bond motifs is 1. The highest BCUT2D eigenvalue weighted by Crippen LogP contribution is 2.36. The smallest absolute Gasteiger partial charge is 0.125 e. The molecule has 1 aliphatic rings. The topological polar surface area (TPSA) is 35.2 Å². The van der Waals surface area contributed by atoms with Gasteiger partial charge in [0.25, 0.3) is 0 Å². The Morgan fingerprint density at radius 1 is 1.19 bits per heavy atom. The van der Waals surface area contributed by atoms with E-state index < -0.39 is 0 Å². The van der Waals surface area contributed by atoms with Crippen LogP contribution in [-0.4, -0.2) is 6.61 Å². The third-order valence-electron chi connectivity index (χ3n) is 3.63. The van der Waals surface area contributed by atoms with Crippen molar-refractivity contribution in [3.63, 3.8) is 0 Å². The molecule has 0 aliphatic carbocycles. The highest BCUT2D eigenvalue weighted by molar-refractivity contribution is 9.10. The van der Waals surface area contributed by atoms with Gasteiger partial charge < -0.3 is 10.5 Å². The number of hydrogen-bond donors (Lipinski definition) is 1. The maximum atomic E-state index is 6.35. The molecule has 0 aromatic heterocycles. The maximum Gasteiger partial charge on any atom is 0.125 e. The van der Waals surface area contributed by atoms with E-state index in [1.54, 1.807) is 0 Å². The van der Waals surface area contributed by atoms with E-state index in [1.165, 1.54) is 5.56 Å². The van der Waals surface area contributed by atoms with Gasteiger partial charge in [-0.3, -0.25) is 0 Å². The van der Waals surface area contributed by atoms with E-state index in [2.05, 4.69) is 44.0 Å². The minimum Gasteiger partial charge on any atom is -0.493 e. The molecule has 0 spiro atoms. The molecule has 0 saturated heterocycles. The molecule has 2 N–H and O–H groups in total. The van der Waals surface area contributed by atoms with Gasteiger partial charge in [-0.2, -0.15) is 0 Å². The average Bonchev–Trinajstić information content (AvgIpc) is 2.86. The van der Waals surface area contributed by atoms with Crippen molar-refractivity contribution in [1.82, 2.24) is 0 Å². The van der Waals surface area contributed by atoms with Crippen molar-refractivity contribution < 1.29 is 4.74 Å². The monoisotopic (exact) mass is 429 g/mol. The minimum atomic E-state index is -0.159. The summed E-state index contributed by atoms with van der Waals surface area (Å²) in [6.45, 7) is 0.743. The second-order valence-electron chi connectivity index (χ2n) is 5.13. The zero-order valence-corrected chi connectivity index (χ0v) is 15.1. The minimum absolute atomic E-state index is 0.159. The standard InChI is InChI=1S/C16H14Br2ClNO/c17-11-1-2-13(14(19)8-11)15(20)7-10-6-12(18)5-9-3-4-21-16(9)10/h1-2,5-6,8,15H,3-4,7,20H2. The van der Waals surface area contributed by atoms with E-state index in [4.69, 9.17) is 22.1 Å². The fraction of sp³-hybridized carbons (Fsp3) is 0.250. The van der Waals surface area contributed by atoms with Gasteiger partial charge in [0.2, 0.25) is 0 Å². The lowest BCUT2D eigenvalue weighted by Gasteiger charge is -2.16. The van der Waals surface area contributed by atoms with Crippen molar-refractivity contribution in [2.75, 3.05) is 6.61 Å². The predicted molar refractivity (Wildman–Crippen MR) is 93.1 cm³/mol. The molecule has 2 aromatic rings. The molecule has 1 unspecified atom stereocenters. The molecule has 3 rings (SSSR count). The van der Waals surface area contributed by atoms with E-state index in [0.29, 0.717) is 11.4 Å². The van der Waals surface area contributed by atoms with E-state index in [0.717, 1.165) is 38.8 Å². The zero-order chi connectivity index (χ0) is 15.0. The molecule has 2 aromatic carbocycles. The molecule has 1 aliphatic heterocycles. The molecule has 0 amide bonds. The first-order valence-corrected chi connectivity index (χ1v) is 8.65. The molecule has 0 fully saturated rings. The lowest BCUT2D eigenvalue weighted by molar-refractivity contribution is 0.352. The molecule has 0 saturated carbocycles. The van der Waals surface area contributed by atoms with Crippen LogP contribution in [0.25, 0.3) is 0 Å². The quantitative estimate of drug-likeness (QED) is 0.739. The van der Waals surface area contributed by atoms with Gasteiger partial charge in [-0.1, -0.05) is 49.5 Å². The summed E-state index contributed by atoms with van der Waals surface area (Å²) in [6.07, 6.45) is 1.65. The number of ether oxygens (including phenoxy) is 1. The molecule has 0 radical (unpaired) electrons. The fourth-order valence-electron chi connectivity index (χ4n) is 2.65. The van der Waals surface area contributed by atoms with Crippen molar-refractivity contribution in [3.05, 3.63) is 61.0 Å². The predicted octanol–water partition coefficient (Wildman–Crippen LogP) is 5.04. The highest BCUT2D eigenvalue weighted by Gasteiger charge is 2.20. The summed E-state index contributed by atoms with van der Waals surface area (Å²) < 4.78 is 7.77. The Labute approximate surface area is 145 Å². The van der Waals surface area contributed by atoms with Crippen molar-refractivity contribution >= 4 is 43.5 Å². The van der Waals surface area contributed by atoms with Crippen molar-refractivity contribution in [2.45, 2.75) is 18.9 Å². The molecular weight excluding hydrogens is 417 g/mol. The lowest BCUT2D eigenvalue weighted by atomic mass is 9.97. The summed E-state index contributed by atoms with van der Waals surface area (Å²) in [5.74, 6) is 0.988. The van der Waals surface area contributed by atoms with Crippen LogP contribution in [0.4, 0.5) is 0 Å². The largest absolute Gasteiger partial charge is 0.493 e. The van der Waals surface area contributed by atoms with E-state index in [9.17, 15) is 0 Å². The molecule has 0 bridgehead atoms. The fourth-order valence-corrected chi connectivity index (χ4v) is 4.01. The summed E-state index contributed by atoms with van der Waals surface area (Å²) >= 11 is 13.3. The summed E-state index contributed by atoms with van der Waals surface area (Å²) in [7, 11) is 0. The van der Waals surface area contributed by atoms with Gasteiger partial charge in [-0.15, -0.1) is 0 Å².